The average molecular weight is 448 g/mol. The van der Waals surface area contributed by atoms with Gasteiger partial charge in [0, 0.05) is 10.9 Å². The van der Waals surface area contributed by atoms with Gasteiger partial charge in [-0.2, -0.15) is 0 Å². The van der Waals surface area contributed by atoms with Crippen LogP contribution in [0.3, 0.4) is 0 Å². The number of nitrogens with zero attached hydrogens (tertiary/aromatic N) is 4. The van der Waals surface area contributed by atoms with Crippen LogP contribution >= 0.6 is 34.4 Å². The first-order valence-corrected chi connectivity index (χ1v) is 11.1. The van der Waals surface area contributed by atoms with E-state index in [0.29, 0.717) is 21.9 Å². The van der Waals surface area contributed by atoms with Crippen LogP contribution in [0.2, 0.25) is 0 Å². The van der Waals surface area contributed by atoms with Crippen LogP contribution in [0.1, 0.15) is 10.7 Å². The van der Waals surface area contributed by atoms with E-state index in [-0.39, 0.29) is 17.5 Å². The predicted molar refractivity (Wildman–Crippen MR) is 112 cm³/mol. The highest BCUT2D eigenvalue weighted by atomic mass is 32.2. The third kappa shape index (κ3) is 4.69. The lowest BCUT2D eigenvalue weighted by atomic mass is 10.2. The Morgan fingerprint density at radius 3 is 2.72 bits per heavy atom. The van der Waals surface area contributed by atoms with Gasteiger partial charge in [-0.25, -0.2) is 14.4 Å². The number of thiazole rings is 2. The normalized spacial score (nSPS) is 11.0. The van der Waals surface area contributed by atoms with E-state index in [9.17, 15) is 9.18 Å². The fraction of sp³-hybridized carbons (Fsp3) is 0.167. The number of anilines is 1. The number of carbonyl (C=O) groups excluding carboxylic acids is 1. The van der Waals surface area contributed by atoms with Crippen molar-refractivity contribution in [3.05, 3.63) is 46.2 Å². The first-order valence-electron chi connectivity index (χ1n) is 8.40. The van der Waals surface area contributed by atoms with E-state index in [4.69, 9.17) is 4.42 Å². The van der Waals surface area contributed by atoms with Crippen molar-refractivity contribution < 1.29 is 13.6 Å². The minimum absolute atomic E-state index is 0.105. The van der Waals surface area contributed by atoms with Crippen LogP contribution in [0, 0.1) is 19.7 Å². The maximum absolute atomic E-state index is 13.0. The lowest BCUT2D eigenvalue weighted by Crippen LogP contribution is -2.13. The maximum atomic E-state index is 13.0. The van der Waals surface area contributed by atoms with E-state index in [1.54, 1.807) is 17.5 Å². The highest BCUT2D eigenvalue weighted by Crippen LogP contribution is 2.30. The molecule has 1 N–H and O–H groups in total. The summed E-state index contributed by atoms with van der Waals surface area (Å²) >= 11 is 3.93. The Balaban J connectivity index is 1.34. The Hall–Kier alpha value is -2.63. The van der Waals surface area contributed by atoms with Crippen molar-refractivity contribution in [1.82, 2.24) is 20.2 Å². The summed E-state index contributed by atoms with van der Waals surface area (Å²) in [4.78, 5) is 21.7. The Morgan fingerprint density at radius 2 is 2.00 bits per heavy atom. The van der Waals surface area contributed by atoms with E-state index < -0.39 is 0 Å². The zero-order valence-corrected chi connectivity index (χ0v) is 17.8. The second-order valence-electron chi connectivity index (χ2n) is 5.90. The molecule has 1 aromatic carbocycles. The first kappa shape index (κ1) is 19.7. The minimum atomic E-state index is -0.306. The summed E-state index contributed by atoms with van der Waals surface area (Å²) < 4.78 is 18.6. The molecule has 0 aliphatic heterocycles. The number of carbonyl (C=O) groups is 1. The van der Waals surface area contributed by atoms with Gasteiger partial charge in [-0.15, -0.1) is 32.9 Å². The van der Waals surface area contributed by atoms with Crippen molar-refractivity contribution in [1.29, 1.82) is 0 Å². The average Bonchev–Trinajstić information content (AvgIpc) is 3.41. The van der Waals surface area contributed by atoms with E-state index in [2.05, 4.69) is 25.5 Å². The Morgan fingerprint density at radius 1 is 1.21 bits per heavy atom. The smallest absolute Gasteiger partial charge is 0.277 e. The summed E-state index contributed by atoms with van der Waals surface area (Å²) in [5.74, 6) is -0.0351. The van der Waals surface area contributed by atoms with Gasteiger partial charge in [0.2, 0.25) is 5.91 Å². The van der Waals surface area contributed by atoms with E-state index >= 15 is 0 Å². The molecule has 148 valence electrons. The fourth-order valence-electron chi connectivity index (χ4n) is 2.46. The lowest BCUT2D eigenvalue weighted by Gasteiger charge is -1.99. The first-order chi connectivity index (χ1) is 14.0. The molecule has 0 aliphatic carbocycles. The Labute approximate surface area is 177 Å². The number of benzene rings is 1. The van der Waals surface area contributed by atoms with Gasteiger partial charge in [-0.3, -0.25) is 4.79 Å². The highest BCUT2D eigenvalue weighted by Gasteiger charge is 2.16. The summed E-state index contributed by atoms with van der Waals surface area (Å²) in [6.07, 6.45) is 0. The van der Waals surface area contributed by atoms with Crippen LogP contribution in [0.25, 0.3) is 22.0 Å². The van der Waals surface area contributed by atoms with Crippen LogP contribution in [-0.2, 0) is 4.79 Å². The lowest BCUT2D eigenvalue weighted by molar-refractivity contribution is -0.113. The van der Waals surface area contributed by atoms with E-state index in [1.807, 2.05) is 13.8 Å². The number of nitrogens with one attached hydrogen (secondary N) is 1. The zero-order chi connectivity index (χ0) is 20.4. The third-order valence-electron chi connectivity index (χ3n) is 3.72. The number of thioether (sulfide) groups is 1. The fourth-order valence-corrected chi connectivity index (χ4v) is 4.60. The molecule has 0 radical (unpaired) electrons. The molecule has 0 saturated carbocycles. The third-order valence-corrected chi connectivity index (χ3v) is 6.36. The number of aryl methyl sites for hydroxylation is 2. The molecular weight excluding hydrogens is 433 g/mol. The Bertz CT molecular complexity index is 1150. The molecule has 4 rings (SSSR count). The van der Waals surface area contributed by atoms with Gasteiger partial charge in [0.1, 0.15) is 10.7 Å². The van der Waals surface area contributed by atoms with Crippen molar-refractivity contribution in [3.8, 4) is 22.0 Å². The minimum Gasteiger partial charge on any atom is -0.410 e. The molecular formula is C18H14FN5O2S3. The standard InChI is InChI=1S/C18H14FN5O2S3/c1-9-15(29-10(2)20-9)16-23-24-18(26-16)28-8-14(25)22-17-21-13(7-27-17)11-3-5-12(19)6-4-11/h3-7H,8H2,1-2H3,(H,21,22,25). The second kappa shape index (κ2) is 8.39. The molecule has 3 heterocycles. The second-order valence-corrected chi connectivity index (χ2v) is 8.89. The molecule has 29 heavy (non-hydrogen) atoms. The number of rotatable bonds is 6. The van der Waals surface area contributed by atoms with Crippen molar-refractivity contribution >= 4 is 45.5 Å². The van der Waals surface area contributed by atoms with Crippen LogP contribution in [0.15, 0.2) is 39.3 Å². The molecule has 11 heteroatoms. The van der Waals surface area contributed by atoms with Crippen molar-refractivity contribution in [3.63, 3.8) is 0 Å². The van der Waals surface area contributed by atoms with Gasteiger partial charge in [-0.1, -0.05) is 11.8 Å². The summed E-state index contributed by atoms with van der Waals surface area (Å²) in [6, 6.07) is 6.03. The number of aromatic nitrogens is 4. The number of amides is 1. The number of hydrogen-bond acceptors (Lipinski definition) is 9. The quantitative estimate of drug-likeness (QED) is 0.424. The molecule has 7 nitrogen and oxygen atoms in total. The van der Waals surface area contributed by atoms with Gasteiger partial charge in [0.25, 0.3) is 11.1 Å². The summed E-state index contributed by atoms with van der Waals surface area (Å²) in [6.45, 7) is 3.80. The SMILES string of the molecule is Cc1nc(C)c(-c2nnc(SCC(=O)Nc3nc(-c4ccc(F)cc4)cs3)o2)s1. The summed E-state index contributed by atoms with van der Waals surface area (Å²) in [5, 5.41) is 14.3. The van der Waals surface area contributed by atoms with E-state index in [0.717, 1.165) is 32.9 Å². The van der Waals surface area contributed by atoms with Gasteiger partial charge < -0.3 is 9.73 Å². The van der Waals surface area contributed by atoms with Gasteiger partial charge in [0.15, 0.2) is 5.13 Å². The molecule has 0 aliphatic rings. The van der Waals surface area contributed by atoms with Gasteiger partial charge >= 0.3 is 0 Å². The van der Waals surface area contributed by atoms with Crippen molar-refractivity contribution in [2.45, 2.75) is 19.1 Å². The molecule has 0 spiro atoms. The molecule has 0 bridgehead atoms. The van der Waals surface area contributed by atoms with E-state index in [1.165, 1.54) is 34.8 Å². The van der Waals surface area contributed by atoms with Crippen molar-refractivity contribution in [2.75, 3.05) is 11.1 Å². The number of halogens is 1. The summed E-state index contributed by atoms with van der Waals surface area (Å²) in [7, 11) is 0. The van der Waals surface area contributed by atoms with Gasteiger partial charge in [-0.05, 0) is 38.1 Å². The van der Waals surface area contributed by atoms with Crippen LogP contribution in [0.4, 0.5) is 9.52 Å². The highest BCUT2D eigenvalue weighted by molar-refractivity contribution is 7.99. The molecule has 0 fully saturated rings. The molecule has 1 amide bonds. The monoisotopic (exact) mass is 447 g/mol. The maximum Gasteiger partial charge on any atom is 0.277 e. The predicted octanol–water partition coefficient (Wildman–Crippen LogP) is 4.80. The van der Waals surface area contributed by atoms with Gasteiger partial charge in [0.05, 0.1) is 22.1 Å². The molecule has 0 saturated heterocycles. The van der Waals surface area contributed by atoms with Crippen molar-refractivity contribution in [2.24, 2.45) is 0 Å². The van der Waals surface area contributed by atoms with Crippen LogP contribution in [-0.4, -0.2) is 31.8 Å². The molecule has 0 atom stereocenters. The Kier molecular flexibility index (Phi) is 5.69. The topological polar surface area (TPSA) is 93.8 Å². The molecule has 3 aromatic heterocycles. The largest absolute Gasteiger partial charge is 0.410 e. The molecule has 0 unspecified atom stereocenters. The van der Waals surface area contributed by atoms with Crippen LogP contribution in [0.5, 0.6) is 0 Å². The zero-order valence-electron chi connectivity index (χ0n) is 15.3. The van der Waals surface area contributed by atoms with Crippen LogP contribution < -0.4 is 5.32 Å². The molecule has 4 aromatic rings. The number of hydrogen-bond donors (Lipinski definition) is 1. The summed E-state index contributed by atoms with van der Waals surface area (Å²) in [5.41, 5.74) is 2.30.